The fourth-order valence-electron chi connectivity index (χ4n) is 1.17. The molecule has 4 heteroatoms. The van der Waals surface area contributed by atoms with Crippen LogP contribution in [0.1, 0.15) is 11.3 Å². The summed E-state index contributed by atoms with van der Waals surface area (Å²) in [5.41, 5.74) is 2.27. The molecule has 0 unspecified atom stereocenters. The number of nitrogens with zero attached hydrogens (tertiary/aromatic N) is 1. The lowest BCUT2D eigenvalue weighted by atomic mass is 10.3. The maximum atomic E-state index is 8.76. The van der Waals surface area contributed by atoms with Crippen LogP contribution < -0.4 is 0 Å². The zero-order valence-corrected chi connectivity index (χ0v) is 10.3. The van der Waals surface area contributed by atoms with Gasteiger partial charge in [0, 0.05) is 16.3 Å². The number of pyridine rings is 1. The number of aromatic nitrogens is 1. The summed E-state index contributed by atoms with van der Waals surface area (Å²) in [6.07, 6.45) is 2.07. The van der Waals surface area contributed by atoms with Gasteiger partial charge in [0.25, 0.3) is 0 Å². The number of hydrogen-bond donors (Lipinski definition) is 1. The van der Waals surface area contributed by atoms with E-state index in [9.17, 15) is 0 Å². The van der Waals surface area contributed by atoms with Crippen molar-refractivity contribution in [2.75, 3.05) is 18.6 Å². The average molecular weight is 229 g/mol. The van der Waals surface area contributed by atoms with Crippen molar-refractivity contribution < 1.29 is 5.11 Å². The first-order valence-electron chi connectivity index (χ1n) is 4.45. The third kappa shape index (κ3) is 2.90. The molecule has 2 nitrogen and oxygen atoms in total. The van der Waals surface area contributed by atoms with Crippen molar-refractivity contribution >= 4 is 23.5 Å². The van der Waals surface area contributed by atoms with E-state index >= 15 is 0 Å². The number of aliphatic hydroxyl groups is 1. The van der Waals surface area contributed by atoms with Gasteiger partial charge in [0.05, 0.1) is 6.61 Å². The molecule has 0 fully saturated rings. The van der Waals surface area contributed by atoms with Crippen LogP contribution in [0, 0.1) is 13.8 Å². The van der Waals surface area contributed by atoms with E-state index in [2.05, 4.69) is 24.2 Å². The summed E-state index contributed by atoms with van der Waals surface area (Å²) in [5.74, 6) is 0.713. The van der Waals surface area contributed by atoms with E-state index in [1.54, 1.807) is 23.5 Å². The highest BCUT2D eigenvalue weighted by Gasteiger charge is 2.06. The third-order valence-corrected chi connectivity index (χ3v) is 3.78. The quantitative estimate of drug-likeness (QED) is 0.804. The van der Waals surface area contributed by atoms with Crippen LogP contribution in [0.15, 0.2) is 16.0 Å². The van der Waals surface area contributed by atoms with Crippen molar-refractivity contribution in [3.63, 3.8) is 0 Å². The molecule has 0 bridgehead atoms. The Morgan fingerprint density at radius 2 is 2.14 bits per heavy atom. The maximum absolute atomic E-state index is 8.76. The molecule has 14 heavy (non-hydrogen) atoms. The van der Waals surface area contributed by atoms with Gasteiger partial charge in [0.15, 0.2) is 0 Å². The second kappa shape index (κ2) is 5.63. The Labute approximate surface area is 93.5 Å². The van der Waals surface area contributed by atoms with E-state index in [-0.39, 0.29) is 6.61 Å². The lowest BCUT2D eigenvalue weighted by Crippen LogP contribution is -1.94. The molecular weight excluding hydrogens is 214 g/mol. The number of hydrogen-bond acceptors (Lipinski definition) is 4. The lowest BCUT2D eigenvalue weighted by molar-refractivity contribution is 0.322. The first kappa shape index (κ1) is 11.9. The molecule has 0 saturated heterocycles. The van der Waals surface area contributed by atoms with Crippen molar-refractivity contribution in [1.82, 2.24) is 4.98 Å². The van der Waals surface area contributed by atoms with Crippen molar-refractivity contribution in [3.05, 3.63) is 17.3 Å². The minimum absolute atomic E-state index is 0.203. The molecule has 1 heterocycles. The number of aryl methyl sites for hydroxylation is 1. The van der Waals surface area contributed by atoms with Crippen LogP contribution in [0.4, 0.5) is 0 Å². The maximum Gasteiger partial charge on any atom is 0.100 e. The fourth-order valence-corrected chi connectivity index (χ4v) is 2.75. The minimum Gasteiger partial charge on any atom is -0.396 e. The molecule has 0 aliphatic heterocycles. The minimum atomic E-state index is 0.203. The highest BCUT2D eigenvalue weighted by atomic mass is 32.2. The first-order chi connectivity index (χ1) is 6.69. The Kier molecular flexibility index (Phi) is 4.78. The highest BCUT2D eigenvalue weighted by Crippen LogP contribution is 2.28. The van der Waals surface area contributed by atoms with Gasteiger partial charge in [-0.15, -0.1) is 23.5 Å². The van der Waals surface area contributed by atoms with Crippen molar-refractivity contribution in [2.45, 2.75) is 23.8 Å². The first-order valence-corrected chi connectivity index (χ1v) is 6.66. The second-order valence-corrected chi connectivity index (χ2v) is 4.90. The monoisotopic (exact) mass is 229 g/mol. The summed E-state index contributed by atoms with van der Waals surface area (Å²) in [7, 11) is 0. The third-order valence-electron chi connectivity index (χ3n) is 1.86. The molecule has 0 radical (unpaired) electrons. The lowest BCUT2D eigenvalue weighted by Gasteiger charge is -2.09. The molecule has 1 N–H and O–H groups in total. The Morgan fingerprint density at radius 3 is 2.71 bits per heavy atom. The van der Waals surface area contributed by atoms with Crippen LogP contribution in [-0.4, -0.2) is 28.7 Å². The van der Waals surface area contributed by atoms with Crippen molar-refractivity contribution in [2.24, 2.45) is 0 Å². The van der Waals surface area contributed by atoms with Crippen LogP contribution in [0.25, 0.3) is 0 Å². The van der Waals surface area contributed by atoms with Crippen molar-refractivity contribution in [1.29, 1.82) is 0 Å². The van der Waals surface area contributed by atoms with Crippen molar-refractivity contribution in [3.8, 4) is 0 Å². The van der Waals surface area contributed by atoms with Gasteiger partial charge in [-0.25, -0.2) is 4.98 Å². The Balaban J connectivity index is 2.96. The molecule has 1 aromatic rings. The summed E-state index contributed by atoms with van der Waals surface area (Å²) < 4.78 is 0. The zero-order chi connectivity index (χ0) is 10.6. The molecule has 0 atom stereocenters. The normalized spacial score (nSPS) is 10.6. The van der Waals surface area contributed by atoms with Crippen LogP contribution in [-0.2, 0) is 0 Å². The fraction of sp³-hybridized carbons (Fsp3) is 0.500. The average Bonchev–Trinajstić information content (AvgIpc) is 2.18. The number of aliphatic hydroxyl groups excluding tert-OH is 1. The van der Waals surface area contributed by atoms with Gasteiger partial charge >= 0.3 is 0 Å². The number of rotatable bonds is 4. The van der Waals surface area contributed by atoms with Crippen LogP contribution in [0.3, 0.4) is 0 Å². The van der Waals surface area contributed by atoms with Crippen LogP contribution in [0.2, 0.25) is 0 Å². The van der Waals surface area contributed by atoms with Gasteiger partial charge in [0.2, 0.25) is 0 Å². The summed E-state index contributed by atoms with van der Waals surface area (Å²) in [6.45, 7) is 4.29. The van der Waals surface area contributed by atoms with E-state index in [0.29, 0.717) is 5.75 Å². The molecule has 0 aliphatic carbocycles. The van der Waals surface area contributed by atoms with E-state index < -0.39 is 0 Å². The van der Waals surface area contributed by atoms with E-state index in [0.717, 1.165) is 10.7 Å². The molecule has 1 aromatic heterocycles. The summed E-state index contributed by atoms with van der Waals surface area (Å²) in [6, 6.07) is 2.10. The topological polar surface area (TPSA) is 33.1 Å². The molecule has 1 rings (SSSR count). The predicted octanol–water partition coefficient (Wildman–Crippen LogP) is 2.50. The highest BCUT2D eigenvalue weighted by molar-refractivity contribution is 7.99. The molecule has 0 aliphatic rings. The Morgan fingerprint density at radius 1 is 1.43 bits per heavy atom. The van der Waals surface area contributed by atoms with Gasteiger partial charge in [-0.1, -0.05) is 0 Å². The largest absolute Gasteiger partial charge is 0.396 e. The zero-order valence-electron chi connectivity index (χ0n) is 8.70. The van der Waals surface area contributed by atoms with Crippen LogP contribution in [0.5, 0.6) is 0 Å². The molecule has 0 saturated carbocycles. The molecular formula is C10H15NOS2. The summed E-state index contributed by atoms with van der Waals surface area (Å²) in [4.78, 5) is 5.73. The van der Waals surface area contributed by atoms with Gasteiger partial charge in [-0.05, 0) is 31.7 Å². The van der Waals surface area contributed by atoms with E-state index in [1.807, 2.05) is 6.92 Å². The van der Waals surface area contributed by atoms with Crippen LogP contribution >= 0.6 is 23.5 Å². The SMILES string of the molecule is CSc1cc(C)nc(SCCO)c1C. The van der Waals surface area contributed by atoms with Gasteiger partial charge in [-0.3, -0.25) is 0 Å². The molecule has 0 spiro atoms. The number of thioether (sulfide) groups is 2. The molecule has 0 amide bonds. The molecule has 78 valence electrons. The Hall–Kier alpha value is -0.190. The standard InChI is InChI=1S/C10H15NOS2/c1-7-6-9(13-3)8(2)10(11-7)14-5-4-12/h6,12H,4-5H2,1-3H3. The van der Waals surface area contributed by atoms with Gasteiger partial charge < -0.3 is 5.11 Å². The van der Waals surface area contributed by atoms with E-state index in [1.165, 1.54) is 10.5 Å². The smallest absolute Gasteiger partial charge is 0.100 e. The molecule has 0 aromatic carbocycles. The summed E-state index contributed by atoms with van der Waals surface area (Å²) in [5, 5.41) is 9.81. The summed E-state index contributed by atoms with van der Waals surface area (Å²) >= 11 is 3.36. The van der Waals surface area contributed by atoms with Gasteiger partial charge in [0.1, 0.15) is 5.03 Å². The Bertz CT molecular complexity index is 315. The van der Waals surface area contributed by atoms with Gasteiger partial charge in [-0.2, -0.15) is 0 Å². The van der Waals surface area contributed by atoms with E-state index in [4.69, 9.17) is 5.11 Å². The predicted molar refractivity (Wildman–Crippen MR) is 63.3 cm³/mol. The second-order valence-electron chi connectivity index (χ2n) is 2.97.